The van der Waals surface area contributed by atoms with E-state index in [1.165, 1.54) is 0 Å². The van der Waals surface area contributed by atoms with Gasteiger partial charge in [-0.15, -0.1) is 0 Å². The van der Waals surface area contributed by atoms with Crippen molar-refractivity contribution in [1.29, 1.82) is 0 Å². The van der Waals surface area contributed by atoms with Crippen LogP contribution in [0.3, 0.4) is 0 Å². The molecule has 1 aromatic rings. The molecule has 0 bridgehead atoms. The third-order valence-corrected chi connectivity index (χ3v) is 5.37. The van der Waals surface area contributed by atoms with Crippen molar-refractivity contribution in [3.05, 3.63) is 23.3 Å². The second-order valence-electron chi connectivity index (χ2n) is 4.89. The second kappa shape index (κ2) is 4.90. The Kier molecular flexibility index (Phi) is 3.64. The van der Waals surface area contributed by atoms with Gasteiger partial charge in [0.25, 0.3) is 0 Å². The Labute approximate surface area is 108 Å². The summed E-state index contributed by atoms with van der Waals surface area (Å²) < 4.78 is 29.9. The zero-order chi connectivity index (χ0) is 13.3. The van der Waals surface area contributed by atoms with E-state index in [0.29, 0.717) is 4.90 Å². The predicted molar refractivity (Wildman–Crippen MR) is 70.9 cm³/mol. The van der Waals surface area contributed by atoms with Crippen LogP contribution in [-0.4, -0.2) is 34.4 Å². The highest BCUT2D eigenvalue weighted by atomic mass is 32.2. The van der Waals surface area contributed by atoms with E-state index in [1.807, 2.05) is 13.8 Å². The largest absolute Gasteiger partial charge is 0.496 e. The molecule has 18 heavy (non-hydrogen) atoms. The maximum atomic E-state index is 12.3. The highest BCUT2D eigenvalue weighted by Gasteiger charge is 2.27. The highest BCUT2D eigenvalue weighted by Crippen LogP contribution is 2.27. The summed E-state index contributed by atoms with van der Waals surface area (Å²) in [5, 5.41) is 3.10. The molecule has 0 atom stereocenters. The van der Waals surface area contributed by atoms with E-state index < -0.39 is 9.84 Å². The maximum absolute atomic E-state index is 12.3. The summed E-state index contributed by atoms with van der Waals surface area (Å²) in [6.07, 6.45) is 0. The first-order valence-corrected chi connectivity index (χ1v) is 7.68. The number of rotatable bonds is 4. The van der Waals surface area contributed by atoms with Gasteiger partial charge in [-0.3, -0.25) is 0 Å². The van der Waals surface area contributed by atoms with Crippen LogP contribution in [0, 0.1) is 19.8 Å². The van der Waals surface area contributed by atoms with Gasteiger partial charge in [-0.25, -0.2) is 8.42 Å². The molecule has 1 fully saturated rings. The van der Waals surface area contributed by atoms with E-state index in [-0.39, 0.29) is 11.7 Å². The summed E-state index contributed by atoms with van der Waals surface area (Å²) in [6, 6.07) is 3.51. The van der Waals surface area contributed by atoms with Crippen molar-refractivity contribution in [2.45, 2.75) is 18.7 Å². The summed E-state index contributed by atoms with van der Waals surface area (Å²) in [6.45, 7) is 5.27. The van der Waals surface area contributed by atoms with Gasteiger partial charge in [0.05, 0.1) is 17.8 Å². The Morgan fingerprint density at radius 3 is 2.44 bits per heavy atom. The molecule has 1 aliphatic heterocycles. The van der Waals surface area contributed by atoms with Gasteiger partial charge in [-0.05, 0) is 43.0 Å². The third kappa shape index (κ3) is 2.52. The minimum atomic E-state index is -3.19. The fraction of sp³-hybridized carbons (Fsp3) is 0.538. The lowest BCUT2D eigenvalue weighted by Crippen LogP contribution is -2.45. The summed E-state index contributed by atoms with van der Waals surface area (Å²) in [7, 11) is -1.60. The van der Waals surface area contributed by atoms with Gasteiger partial charge in [-0.1, -0.05) is 0 Å². The van der Waals surface area contributed by atoms with Crippen molar-refractivity contribution in [3.63, 3.8) is 0 Å². The van der Waals surface area contributed by atoms with Crippen LogP contribution in [-0.2, 0) is 9.84 Å². The minimum Gasteiger partial charge on any atom is -0.496 e. The van der Waals surface area contributed by atoms with Crippen LogP contribution < -0.4 is 10.1 Å². The number of hydrogen-bond acceptors (Lipinski definition) is 4. The van der Waals surface area contributed by atoms with Gasteiger partial charge in [0.15, 0.2) is 9.84 Å². The molecule has 1 N–H and O–H groups in total. The van der Waals surface area contributed by atoms with Crippen LogP contribution in [0.2, 0.25) is 0 Å². The number of methoxy groups -OCH3 is 1. The minimum absolute atomic E-state index is 0.229. The molecule has 5 heteroatoms. The first kappa shape index (κ1) is 13.4. The standard InChI is InChI=1S/C13H19NO3S/c1-9-5-13(10(2)4-12(9)17-3)18(15,16)8-11-6-14-7-11/h4-5,11,14H,6-8H2,1-3H3. The van der Waals surface area contributed by atoms with Crippen LogP contribution >= 0.6 is 0 Å². The molecule has 1 aromatic carbocycles. The molecule has 4 nitrogen and oxygen atoms in total. The molecule has 1 heterocycles. The lowest BCUT2D eigenvalue weighted by Gasteiger charge is -2.27. The number of aryl methyl sites for hydroxylation is 2. The normalized spacial score (nSPS) is 16.4. The maximum Gasteiger partial charge on any atom is 0.179 e. The first-order chi connectivity index (χ1) is 8.44. The van der Waals surface area contributed by atoms with Crippen molar-refractivity contribution in [1.82, 2.24) is 5.32 Å². The number of hydrogen-bond donors (Lipinski definition) is 1. The van der Waals surface area contributed by atoms with E-state index in [4.69, 9.17) is 4.74 Å². The molecular formula is C13H19NO3S. The van der Waals surface area contributed by atoms with E-state index in [2.05, 4.69) is 5.32 Å². The zero-order valence-corrected chi connectivity index (χ0v) is 11.8. The van der Waals surface area contributed by atoms with Crippen LogP contribution in [0.15, 0.2) is 17.0 Å². The highest BCUT2D eigenvalue weighted by molar-refractivity contribution is 7.91. The average molecular weight is 269 g/mol. The Bertz CT molecular complexity index is 548. The lowest BCUT2D eigenvalue weighted by molar-refractivity contribution is 0.378. The number of ether oxygens (including phenoxy) is 1. The van der Waals surface area contributed by atoms with E-state index in [0.717, 1.165) is 30.0 Å². The molecule has 1 saturated heterocycles. The van der Waals surface area contributed by atoms with Gasteiger partial charge >= 0.3 is 0 Å². The SMILES string of the molecule is COc1cc(C)c(S(=O)(=O)CC2CNC2)cc1C. The van der Waals surface area contributed by atoms with Crippen molar-refractivity contribution < 1.29 is 13.2 Å². The van der Waals surface area contributed by atoms with E-state index in [1.54, 1.807) is 19.2 Å². The molecule has 0 spiro atoms. The van der Waals surface area contributed by atoms with Crippen molar-refractivity contribution >= 4 is 9.84 Å². The Morgan fingerprint density at radius 1 is 1.28 bits per heavy atom. The first-order valence-electron chi connectivity index (χ1n) is 6.03. The smallest absolute Gasteiger partial charge is 0.179 e. The molecule has 1 aliphatic rings. The van der Waals surface area contributed by atoms with Crippen molar-refractivity contribution in [2.24, 2.45) is 5.92 Å². The quantitative estimate of drug-likeness (QED) is 0.895. The van der Waals surface area contributed by atoms with E-state index in [9.17, 15) is 8.42 Å². The Morgan fingerprint density at radius 2 is 1.94 bits per heavy atom. The topological polar surface area (TPSA) is 55.4 Å². The van der Waals surface area contributed by atoms with Gasteiger partial charge in [-0.2, -0.15) is 0 Å². The number of benzene rings is 1. The van der Waals surface area contributed by atoms with Crippen LogP contribution in [0.25, 0.3) is 0 Å². The van der Waals surface area contributed by atoms with Crippen molar-refractivity contribution in [2.75, 3.05) is 26.0 Å². The summed E-state index contributed by atoms with van der Waals surface area (Å²) >= 11 is 0. The van der Waals surface area contributed by atoms with Crippen molar-refractivity contribution in [3.8, 4) is 5.75 Å². The van der Waals surface area contributed by atoms with Crippen LogP contribution in [0.5, 0.6) is 5.75 Å². The average Bonchev–Trinajstić information content (AvgIpc) is 2.26. The fourth-order valence-corrected chi connectivity index (χ4v) is 4.13. The molecule has 0 unspecified atom stereocenters. The predicted octanol–water partition coefficient (Wildman–Crippen LogP) is 1.31. The summed E-state index contributed by atoms with van der Waals surface area (Å²) in [5.41, 5.74) is 1.61. The monoisotopic (exact) mass is 269 g/mol. The second-order valence-corrected chi connectivity index (χ2v) is 6.90. The molecule has 0 aliphatic carbocycles. The number of sulfone groups is 1. The van der Waals surface area contributed by atoms with Gasteiger partial charge in [0, 0.05) is 13.1 Å². The summed E-state index contributed by atoms with van der Waals surface area (Å²) in [5.74, 6) is 1.21. The molecular weight excluding hydrogens is 250 g/mol. The fourth-order valence-electron chi connectivity index (χ4n) is 2.18. The third-order valence-electron chi connectivity index (χ3n) is 3.35. The van der Waals surface area contributed by atoms with Crippen LogP contribution in [0.1, 0.15) is 11.1 Å². The molecule has 2 rings (SSSR count). The Balaban J connectivity index is 2.34. The van der Waals surface area contributed by atoms with Gasteiger partial charge < -0.3 is 10.1 Å². The van der Waals surface area contributed by atoms with Gasteiger partial charge in [0.1, 0.15) is 5.75 Å². The molecule has 0 amide bonds. The molecule has 0 radical (unpaired) electrons. The van der Waals surface area contributed by atoms with Crippen LogP contribution in [0.4, 0.5) is 0 Å². The molecule has 0 saturated carbocycles. The molecule has 0 aromatic heterocycles. The molecule has 100 valence electrons. The lowest BCUT2D eigenvalue weighted by atomic mass is 10.1. The van der Waals surface area contributed by atoms with E-state index >= 15 is 0 Å². The Hall–Kier alpha value is -1.07. The van der Waals surface area contributed by atoms with Gasteiger partial charge in [0.2, 0.25) is 0 Å². The summed E-state index contributed by atoms with van der Waals surface area (Å²) in [4.78, 5) is 0.438. The zero-order valence-electron chi connectivity index (χ0n) is 11.0. The number of nitrogens with one attached hydrogen (secondary N) is 1.